The molecule has 0 aliphatic heterocycles. The zero-order chi connectivity index (χ0) is 19.2. The van der Waals surface area contributed by atoms with Crippen molar-refractivity contribution in [2.45, 2.75) is 6.42 Å². The maximum atomic E-state index is 12.9. The Balaban J connectivity index is 1.86. The first kappa shape index (κ1) is 18.7. The largest absolute Gasteiger partial charge is 0.495 e. The van der Waals surface area contributed by atoms with E-state index in [9.17, 15) is 9.59 Å². The summed E-state index contributed by atoms with van der Waals surface area (Å²) in [6.45, 7) is 0. The van der Waals surface area contributed by atoms with E-state index in [1.807, 2.05) is 48.5 Å². The molecule has 1 N–H and O–H groups in total. The smallest absolute Gasteiger partial charge is 0.256 e. The molecule has 0 fully saturated rings. The number of hydrogen-bond acceptors (Lipinski definition) is 3. The molecule has 0 heterocycles. The SMILES string of the molecule is COc1cc(C(=O)Cl)ccc1NC(=O)c1ccccc1Cc1ccccc1. The van der Waals surface area contributed by atoms with Crippen LogP contribution in [0.4, 0.5) is 5.69 Å². The van der Waals surface area contributed by atoms with E-state index in [0.29, 0.717) is 29.0 Å². The molecule has 5 heteroatoms. The molecule has 0 aromatic heterocycles. The van der Waals surface area contributed by atoms with E-state index in [-0.39, 0.29) is 5.91 Å². The second-order valence-electron chi connectivity index (χ2n) is 5.96. The zero-order valence-electron chi connectivity index (χ0n) is 14.7. The Morgan fingerprint density at radius 1 is 0.963 bits per heavy atom. The summed E-state index contributed by atoms with van der Waals surface area (Å²) in [4.78, 5) is 24.2. The minimum Gasteiger partial charge on any atom is -0.495 e. The number of ether oxygens (including phenoxy) is 1. The highest BCUT2D eigenvalue weighted by Gasteiger charge is 2.15. The number of carbonyl (C=O) groups is 2. The van der Waals surface area contributed by atoms with Crippen molar-refractivity contribution in [1.29, 1.82) is 0 Å². The average molecular weight is 380 g/mol. The maximum Gasteiger partial charge on any atom is 0.256 e. The average Bonchev–Trinajstić information content (AvgIpc) is 2.69. The van der Waals surface area contributed by atoms with E-state index < -0.39 is 5.24 Å². The van der Waals surface area contributed by atoms with E-state index >= 15 is 0 Å². The molecule has 4 nitrogen and oxygen atoms in total. The summed E-state index contributed by atoms with van der Waals surface area (Å²) >= 11 is 5.50. The lowest BCUT2D eigenvalue weighted by molar-refractivity contribution is 0.102. The Morgan fingerprint density at radius 2 is 1.67 bits per heavy atom. The number of anilines is 1. The summed E-state index contributed by atoms with van der Waals surface area (Å²) in [7, 11) is 1.47. The molecule has 0 saturated heterocycles. The van der Waals surface area contributed by atoms with Crippen LogP contribution >= 0.6 is 11.6 Å². The second kappa shape index (κ2) is 8.52. The van der Waals surface area contributed by atoms with Crippen molar-refractivity contribution in [3.63, 3.8) is 0 Å². The Kier molecular flexibility index (Phi) is 5.89. The summed E-state index contributed by atoms with van der Waals surface area (Å²) < 4.78 is 5.27. The van der Waals surface area contributed by atoms with Crippen molar-refractivity contribution in [2.24, 2.45) is 0 Å². The van der Waals surface area contributed by atoms with Gasteiger partial charge in [-0.1, -0.05) is 48.5 Å². The molecule has 0 atom stereocenters. The lowest BCUT2D eigenvalue weighted by Crippen LogP contribution is -2.15. The third-order valence-electron chi connectivity index (χ3n) is 4.18. The maximum absolute atomic E-state index is 12.9. The molecular formula is C22H18ClNO3. The van der Waals surface area contributed by atoms with Gasteiger partial charge in [-0.05, 0) is 53.4 Å². The topological polar surface area (TPSA) is 55.4 Å². The summed E-state index contributed by atoms with van der Waals surface area (Å²) in [5.41, 5.74) is 3.41. The summed E-state index contributed by atoms with van der Waals surface area (Å²) in [6.07, 6.45) is 0.654. The number of carbonyl (C=O) groups excluding carboxylic acids is 2. The minimum absolute atomic E-state index is 0.246. The molecule has 0 aliphatic carbocycles. The Hall–Kier alpha value is -3.11. The normalized spacial score (nSPS) is 10.3. The van der Waals surface area contributed by atoms with Gasteiger partial charge in [0.1, 0.15) is 5.75 Å². The monoisotopic (exact) mass is 379 g/mol. The lowest BCUT2D eigenvalue weighted by Gasteiger charge is -2.13. The predicted molar refractivity (Wildman–Crippen MR) is 107 cm³/mol. The highest BCUT2D eigenvalue weighted by molar-refractivity contribution is 6.67. The predicted octanol–water partition coefficient (Wildman–Crippen LogP) is 4.92. The van der Waals surface area contributed by atoms with Crippen molar-refractivity contribution in [2.75, 3.05) is 12.4 Å². The van der Waals surface area contributed by atoms with Crippen LogP contribution in [-0.4, -0.2) is 18.3 Å². The van der Waals surface area contributed by atoms with Gasteiger partial charge < -0.3 is 10.1 Å². The van der Waals surface area contributed by atoms with Gasteiger partial charge in [-0.25, -0.2) is 0 Å². The zero-order valence-corrected chi connectivity index (χ0v) is 15.5. The van der Waals surface area contributed by atoms with Gasteiger partial charge in [-0.15, -0.1) is 0 Å². The van der Waals surface area contributed by atoms with Gasteiger partial charge in [0.15, 0.2) is 0 Å². The van der Waals surface area contributed by atoms with Crippen molar-refractivity contribution >= 4 is 28.4 Å². The standard InChI is InChI=1S/C22H18ClNO3/c1-27-20-14-17(21(23)25)11-12-19(20)24-22(26)18-10-6-5-9-16(18)13-15-7-3-2-4-8-15/h2-12,14H,13H2,1H3,(H,24,26). The van der Waals surface area contributed by atoms with Gasteiger partial charge in [0.25, 0.3) is 11.1 Å². The van der Waals surface area contributed by atoms with Crippen LogP contribution in [0.1, 0.15) is 31.8 Å². The number of nitrogens with one attached hydrogen (secondary N) is 1. The summed E-state index contributed by atoms with van der Waals surface area (Å²) in [5, 5.41) is 2.27. The van der Waals surface area contributed by atoms with Crippen LogP contribution in [-0.2, 0) is 6.42 Å². The third kappa shape index (κ3) is 4.54. The van der Waals surface area contributed by atoms with Crippen molar-refractivity contribution in [3.8, 4) is 5.75 Å². The number of rotatable bonds is 6. The van der Waals surface area contributed by atoms with Gasteiger partial charge in [0.05, 0.1) is 12.8 Å². The van der Waals surface area contributed by atoms with Gasteiger partial charge in [-0.3, -0.25) is 9.59 Å². The molecule has 3 aromatic rings. The third-order valence-corrected chi connectivity index (χ3v) is 4.39. The Morgan fingerprint density at radius 3 is 2.37 bits per heavy atom. The molecule has 3 aromatic carbocycles. The second-order valence-corrected chi connectivity index (χ2v) is 6.31. The van der Waals surface area contributed by atoms with Crippen LogP contribution in [0, 0.1) is 0 Å². The number of benzene rings is 3. The van der Waals surface area contributed by atoms with Gasteiger partial charge in [-0.2, -0.15) is 0 Å². The van der Waals surface area contributed by atoms with Crippen molar-refractivity contribution < 1.29 is 14.3 Å². The first-order chi connectivity index (χ1) is 13.1. The van der Waals surface area contributed by atoms with Crippen LogP contribution in [0.25, 0.3) is 0 Å². The Bertz CT molecular complexity index is 970. The van der Waals surface area contributed by atoms with E-state index in [1.54, 1.807) is 18.2 Å². The van der Waals surface area contributed by atoms with Crippen LogP contribution in [0.15, 0.2) is 72.8 Å². The van der Waals surface area contributed by atoms with Crippen LogP contribution in [0.3, 0.4) is 0 Å². The van der Waals surface area contributed by atoms with Crippen LogP contribution in [0.5, 0.6) is 5.75 Å². The molecule has 1 amide bonds. The first-order valence-electron chi connectivity index (χ1n) is 8.39. The number of halogens is 1. The fourth-order valence-electron chi connectivity index (χ4n) is 2.82. The van der Waals surface area contributed by atoms with Crippen molar-refractivity contribution in [3.05, 3.63) is 95.1 Å². The number of amides is 1. The quantitative estimate of drug-likeness (QED) is 0.618. The molecule has 0 radical (unpaired) electrons. The minimum atomic E-state index is -0.584. The van der Waals surface area contributed by atoms with E-state index in [1.165, 1.54) is 13.2 Å². The molecule has 0 aliphatic rings. The fourth-order valence-corrected chi connectivity index (χ4v) is 2.94. The fraction of sp³-hybridized carbons (Fsp3) is 0.0909. The molecule has 0 saturated carbocycles. The lowest BCUT2D eigenvalue weighted by atomic mass is 9.99. The van der Waals surface area contributed by atoms with Gasteiger partial charge in [0.2, 0.25) is 0 Å². The number of hydrogen-bond donors (Lipinski definition) is 1. The highest BCUT2D eigenvalue weighted by Crippen LogP contribution is 2.27. The van der Waals surface area contributed by atoms with Gasteiger partial charge in [0, 0.05) is 11.1 Å². The molecular weight excluding hydrogens is 362 g/mol. The molecule has 0 bridgehead atoms. The molecule has 0 spiro atoms. The molecule has 136 valence electrons. The van der Waals surface area contributed by atoms with Crippen LogP contribution in [0.2, 0.25) is 0 Å². The van der Waals surface area contributed by atoms with Crippen molar-refractivity contribution in [1.82, 2.24) is 0 Å². The van der Waals surface area contributed by atoms with Crippen LogP contribution < -0.4 is 10.1 Å². The number of methoxy groups -OCH3 is 1. The first-order valence-corrected chi connectivity index (χ1v) is 8.77. The highest BCUT2D eigenvalue weighted by atomic mass is 35.5. The van der Waals surface area contributed by atoms with E-state index in [2.05, 4.69) is 5.32 Å². The van der Waals surface area contributed by atoms with Gasteiger partial charge >= 0.3 is 0 Å². The molecule has 27 heavy (non-hydrogen) atoms. The molecule has 0 unspecified atom stereocenters. The van der Waals surface area contributed by atoms with E-state index in [4.69, 9.17) is 16.3 Å². The Labute approximate surface area is 162 Å². The summed E-state index contributed by atoms with van der Waals surface area (Å²) in [6, 6.07) is 22.1. The van der Waals surface area contributed by atoms with E-state index in [0.717, 1.165) is 11.1 Å². The summed E-state index contributed by atoms with van der Waals surface area (Å²) in [5.74, 6) is 0.125. The molecule has 3 rings (SSSR count).